The van der Waals surface area contributed by atoms with Crippen LogP contribution in [0.3, 0.4) is 0 Å². The number of carbonyl (C=O) groups excluding carboxylic acids is 2. The number of phenolic OH excluding ortho intramolecular Hbond substituents is 1. The van der Waals surface area contributed by atoms with Crippen molar-refractivity contribution in [2.24, 2.45) is 11.3 Å². The van der Waals surface area contributed by atoms with E-state index in [9.17, 15) is 19.1 Å². The summed E-state index contributed by atoms with van der Waals surface area (Å²) in [5.74, 6) is -1.04. The largest absolute Gasteiger partial charge is 0.504 e. The first-order valence-corrected chi connectivity index (χ1v) is 8.74. The molecule has 7 heteroatoms. The third-order valence-corrected chi connectivity index (χ3v) is 5.02. The van der Waals surface area contributed by atoms with E-state index in [1.54, 1.807) is 0 Å². The van der Waals surface area contributed by atoms with Crippen LogP contribution < -0.4 is 4.74 Å². The number of aliphatic hydroxyl groups excluding tert-OH is 1. The molecule has 1 aromatic rings. The highest BCUT2D eigenvalue weighted by atomic mass is 19.1. The van der Waals surface area contributed by atoms with Gasteiger partial charge in [0.2, 0.25) is 0 Å². The number of aliphatic hydroxyl groups is 1. The van der Waals surface area contributed by atoms with Gasteiger partial charge in [-0.05, 0) is 37.8 Å². The molecule has 0 aromatic heterocycles. The van der Waals surface area contributed by atoms with Crippen molar-refractivity contribution in [1.29, 1.82) is 0 Å². The number of halogens is 1. The molecule has 6 nitrogen and oxygen atoms in total. The third-order valence-electron chi connectivity index (χ3n) is 5.02. The van der Waals surface area contributed by atoms with Crippen molar-refractivity contribution >= 4 is 11.6 Å². The monoisotopic (exact) mass is 380 g/mol. The summed E-state index contributed by atoms with van der Waals surface area (Å²) in [6, 6.07) is 2.44. The molecule has 0 saturated carbocycles. The Morgan fingerprint density at radius 3 is 2.70 bits per heavy atom. The lowest BCUT2D eigenvalue weighted by atomic mass is 9.69. The van der Waals surface area contributed by atoms with E-state index in [0.717, 1.165) is 6.07 Å². The average molecular weight is 380 g/mol. The standard InChI is InChI=1S/C20H25FO6/c1-12(23)6-14-10-20(2,19(27-11-22)9-16(14)24)5-4-13-7-17(25)18(26-3)8-15(13)21/h7-9,14,22,25H,4-6,10-11H2,1-3H3/t14-,20+/m0/s1. The van der Waals surface area contributed by atoms with Crippen molar-refractivity contribution in [3.8, 4) is 11.5 Å². The number of phenols is 1. The molecule has 0 heterocycles. The predicted octanol–water partition coefficient (Wildman–Crippen LogP) is 2.90. The predicted molar refractivity (Wildman–Crippen MR) is 95.7 cm³/mol. The van der Waals surface area contributed by atoms with Crippen LogP contribution >= 0.6 is 0 Å². The molecule has 0 fully saturated rings. The Labute approximate surface area is 157 Å². The van der Waals surface area contributed by atoms with Crippen molar-refractivity contribution in [3.05, 3.63) is 35.3 Å². The SMILES string of the molecule is COc1cc(F)c(CC[C@]2(C)C[C@H](CC(C)=O)C(=O)C=C2OCO)cc1O. The lowest BCUT2D eigenvalue weighted by Crippen LogP contribution is -2.34. The summed E-state index contributed by atoms with van der Waals surface area (Å²) in [5, 5.41) is 19.0. The normalized spacial score (nSPS) is 22.3. The first kappa shape index (κ1) is 20.9. The van der Waals surface area contributed by atoms with Gasteiger partial charge >= 0.3 is 0 Å². The molecular weight excluding hydrogens is 355 g/mol. The molecule has 1 aromatic carbocycles. The van der Waals surface area contributed by atoms with Crippen LogP contribution in [0.2, 0.25) is 0 Å². The van der Waals surface area contributed by atoms with Gasteiger partial charge in [0.15, 0.2) is 24.1 Å². The number of rotatable bonds is 8. The molecule has 2 N–H and O–H groups in total. The minimum absolute atomic E-state index is 0.0523. The number of aromatic hydroxyl groups is 1. The Kier molecular flexibility index (Phi) is 6.59. The Morgan fingerprint density at radius 1 is 1.41 bits per heavy atom. The average Bonchev–Trinajstić information content (AvgIpc) is 2.59. The smallest absolute Gasteiger partial charge is 0.186 e. The number of allylic oxidation sites excluding steroid dienone is 2. The second-order valence-corrected chi connectivity index (χ2v) is 7.17. The number of methoxy groups -OCH3 is 1. The van der Waals surface area contributed by atoms with E-state index in [2.05, 4.69) is 0 Å². The number of ether oxygens (including phenoxy) is 2. The van der Waals surface area contributed by atoms with E-state index in [4.69, 9.17) is 14.6 Å². The van der Waals surface area contributed by atoms with Gasteiger partial charge in [-0.1, -0.05) is 6.92 Å². The van der Waals surface area contributed by atoms with Crippen molar-refractivity contribution in [1.82, 2.24) is 0 Å². The molecule has 0 radical (unpaired) electrons. The van der Waals surface area contributed by atoms with Gasteiger partial charge in [-0.15, -0.1) is 0 Å². The van der Waals surface area contributed by atoms with E-state index in [1.807, 2.05) is 6.92 Å². The number of carbonyl (C=O) groups is 2. The van der Waals surface area contributed by atoms with Gasteiger partial charge in [0.25, 0.3) is 0 Å². The highest BCUT2D eigenvalue weighted by Crippen LogP contribution is 2.44. The van der Waals surface area contributed by atoms with Gasteiger partial charge in [-0.2, -0.15) is 0 Å². The van der Waals surface area contributed by atoms with Crippen LogP contribution in [-0.4, -0.2) is 35.7 Å². The van der Waals surface area contributed by atoms with Crippen LogP contribution in [0.25, 0.3) is 0 Å². The first-order chi connectivity index (χ1) is 12.7. The zero-order chi connectivity index (χ0) is 20.2. The molecule has 2 atom stereocenters. The highest BCUT2D eigenvalue weighted by molar-refractivity contribution is 5.96. The van der Waals surface area contributed by atoms with Crippen LogP contribution in [0.5, 0.6) is 11.5 Å². The molecule has 1 aliphatic carbocycles. The zero-order valence-electron chi connectivity index (χ0n) is 15.8. The molecule has 1 aliphatic rings. The minimum Gasteiger partial charge on any atom is -0.504 e. The summed E-state index contributed by atoms with van der Waals surface area (Å²) in [7, 11) is 1.34. The topological polar surface area (TPSA) is 93.1 Å². The molecule has 0 saturated heterocycles. The number of ketones is 2. The second kappa shape index (κ2) is 8.52. The van der Waals surface area contributed by atoms with Crippen molar-refractivity contribution < 1.29 is 33.7 Å². The van der Waals surface area contributed by atoms with Crippen LogP contribution in [0.15, 0.2) is 24.0 Å². The fourth-order valence-corrected chi connectivity index (χ4v) is 3.55. The Balaban J connectivity index is 2.25. The van der Waals surface area contributed by atoms with Crippen molar-refractivity contribution in [2.75, 3.05) is 13.9 Å². The van der Waals surface area contributed by atoms with Gasteiger partial charge in [-0.3, -0.25) is 4.79 Å². The van der Waals surface area contributed by atoms with Crippen molar-refractivity contribution in [2.45, 2.75) is 39.5 Å². The van der Waals surface area contributed by atoms with Gasteiger partial charge in [0.05, 0.1) is 7.11 Å². The maximum Gasteiger partial charge on any atom is 0.186 e. The van der Waals surface area contributed by atoms with E-state index in [-0.39, 0.29) is 35.9 Å². The van der Waals surface area contributed by atoms with E-state index in [0.29, 0.717) is 24.2 Å². The van der Waals surface area contributed by atoms with Gasteiger partial charge < -0.3 is 24.5 Å². The van der Waals surface area contributed by atoms with Crippen LogP contribution in [0, 0.1) is 17.2 Å². The number of Topliss-reactive ketones (excluding diaryl/α,β-unsaturated/α-hetero) is 1. The number of hydrogen-bond acceptors (Lipinski definition) is 6. The van der Waals surface area contributed by atoms with E-state index in [1.165, 1.54) is 26.2 Å². The van der Waals surface area contributed by atoms with Crippen LogP contribution in [0.1, 0.15) is 38.7 Å². The molecule has 0 aliphatic heterocycles. The molecule has 2 rings (SSSR count). The lowest BCUT2D eigenvalue weighted by Gasteiger charge is -2.37. The number of aryl methyl sites for hydroxylation is 1. The van der Waals surface area contributed by atoms with Gasteiger partial charge in [-0.25, -0.2) is 4.39 Å². The molecule has 27 heavy (non-hydrogen) atoms. The second-order valence-electron chi connectivity index (χ2n) is 7.17. The van der Waals surface area contributed by atoms with E-state index < -0.39 is 23.9 Å². The molecule has 0 bridgehead atoms. The minimum atomic E-state index is -0.654. The van der Waals surface area contributed by atoms with Gasteiger partial charge in [0.1, 0.15) is 17.4 Å². The Hall–Kier alpha value is -2.41. The molecule has 0 unspecified atom stereocenters. The number of hydrogen-bond donors (Lipinski definition) is 2. The summed E-state index contributed by atoms with van der Waals surface area (Å²) >= 11 is 0. The van der Waals surface area contributed by atoms with E-state index >= 15 is 0 Å². The molecular formula is C20H25FO6. The number of benzene rings is 1. The third kappa shape index (κ3) is 4.86. The summed E-state index contributed by atoms with van der Waals surface area (Å²) in [4.78, 5) is 23.7. The molecule has 0 amide bonds. The zero-order valence-corrected chi connectivity index (χ0v) is 15.8. The summed E-state index contributed by atoms with van der Waals surface area (Å²) in [6.07, 6.45) is 2.50. The Morgan fingerprint density at radius 2 is 2.11 bits per heavy atom. The lowest BCUT2D eigenvalue weighted by molar-refractivity contribution is -0.127. The van der Waals surface area contributed by atoms with Crippen LogP contribution in [0.4, 0.5) is 4.39 Å². The quantitative estimate of drug-likeness (QED) is 0.674. The van der Waals surface area contributed by atoms with Gasteiger partial charge in [0, 0.05) is 29.9 Å². The molecule has 148 valence electrons. The fraction of sp³-hybridized carbons (Fsp3) is 0.500. The van der Waals surface area contributed by atoms with Crippen LogP contribution in [-0.2, 0) is 20.7 Å². The summed E-state index contributed by atoms with van der Waals surface area (Å²) in [5.41, 5.74) is -0.350. The Bertz CT molecular complexity index is 757. The summed E-state index contributed by atoms with van der Waals surface area (Å²) in [6.45, 7) is 2.71. The fourth-order valence-electron chi connectivity index (χ4n) is 3.55. The first-order valence-electron chi connectivity index (χ1n) is 8.74. The highest BCUT2D eigenvalue weighted by Gasteiger charge is 2.40. The maximum atomic E-state index is 14.3. The molecule has 0 spiro atoms. The maximum absolute atomic E-state index is 14.3. The van der Waals surface area contributed by atoms with Crippen molar-refractivity contribution in [3.63, 3.8) is 0 Å². The summed E-state index contributed by atoms with van der Waals surface area (Å²) < 4.78 is 24.4.